The normalized spacial score (nSPS) is 12.1. The first-order valence-electron chi connectivity index (χ1n) is 14.8. The molecule has 0 spiro atoms. The summed E-state index contributed by atoms with van der Waals surface area (Å²) >= 11 is 0. The molecule has 0 N–H and O–H groups in total. The van der Waals surface area contributed by atoms with Crippen molar-refractivity contribution < 1.29 is 4.42 Å². The zero-order valence-corrected chi connectivity index (χ0v) is 23.5. The SMILES string of the molecule is c1ccc(-c2cc3c4ccc5c(c4oc3c3ccccc23)-c2ccc(N(c3ccccc3)c3ccccc3)cc2C5)cc1. The van der Waals surface area contributed by atoms with E-state index in [4.69, 9.17) is 4.42 Å². The Labute approximate surface area is 250 Å². The van der Waals surface area contributed by atoms with Gasteiger partial charge in [0.1, 0.15) is 11.2 Å². The molecule has 1 aliphatic rings. The summed E-state index contributed by atoms with van der Waals surface area (Å²) in [5, 5.41) is 4.70. The highest BCUT2D eigenvalue weighted by molar-refractivity contribution is 6.21. The third-order valence-electron chi connectivity index (χ3n) is 8.84. The molecule has 202 valence electrons. The Morgan fingerprint density at radius 1 is 0.419 bits per heavy atom. The molecule has 0 aliphatic heterocycles. The molecule has 8 aromatic rings. The third-order valence-corrected chi connectivity index (χ3v) is 8.84. The van der Waals surface area contributed by atoms with Gasteiger partial charge in [0.2, 0.25) is 0 Å². The van der Waals surface area contributed by atoms with Crippen molar-refractivity contribution in [3.63, 3.8) is 0 Å². The van der Waals surface area contributed by atoms with Gasteiger partial charge < -0.3 is 9.32 Å². The first kappa shape index (κ1) is 24.0. The topological polar surface area (TPSA) is 16.4 Å². The van der Waals surface area contributed by atoms with Crippen LogP contribution in [-0.4, -0.2) is 0 Å². The van der Waals surface area contributed by atoms with E-state index in [0.717, 1.165) is 40.0 Å². The van der Waals surface area contributed by atoms with E-state index in [1.165, 1.54) is 49.5 Å². The highest BCUT2D eigenvalue weighted by Gasteiger charge is 2.26. The van der Waals surface area contributed by atoms with Crippen LogP contribution in [0.25, 0.3) is 55.0 Å². The molecular formula is C41H27NO. The van der Waals surface area contributed by atoms with E-state index < -0.39 is 0 Å². The Bertz CT molecular complexity index is 2260. The summed E-state index contributed by atoms with van der Waals surface area (Å²) in [5.41, 5.74) is 13.0. The highest BCUT2D eigenvalue weighted by atomic mass is 16.3. The number of fused-ring (bicyclic) bond motifs is 9. The maximum atomic E-state index is 6.86. The van der Waals surface area contributed by atoms with Gasteiger partial charge in [-0.2, -0.15) is 0 Å². The minimum atomic E-state index is 0.888. The molecule has 2 heteroatoms. The molecule has 0 bridgehead atoms. The summed E-state index contributed by atoms with van der Waals surface area (Å²) in [7, 11) is 0. The number of hydrogen-bond donors (Lipinski definition) is 0. The average molecular weight is 550 g/mol. The fourth-order valence-corrected chi connectivity index (χ4v) is 6.92. The van der Waals surface area contributed by atoms with Crippen LogP contribution in [0.1, 0.15) is 11.1 Å². The second-order valence-electron chi connectivity index (χ2n) is 11.3. The minimum absolute atomic E-state index is 0.888. The van der Waals surface area contributed by atoms with E-state index in [0.29, 0.717) is 0 Å². The average Bonchev–Trinajstić information content (AvgIpc) is 3.64. The largest absolute Gasteiger partial charge is 0.455 e. The predicted octanol–water partition coefficient (Wildman–Crippen LogP) is 11.4. The molecule has 0 saturated heterocycles. The standard InChI is InChI=1S/C41H27NO/c1-4-12-27(13-5-1)37-26-38-36-22-20-28-24-29-25-32(42(30-14-6-2-7-15-30)31-16-8-3-9-17-31)21-23-33(29)39(28)41(36)43-40(38)35-19-11-10-18-34(35)37/h1-23,25-26H,24H2. The molecule has 0 fully saturated rings. The first-order chi connectivity index (χ1) is 21.3. The number of benzene rings is 7. The molecular weight excluding hydrogens is 522 g/mol. The van der Waals surface area contributed by atoms with Crippen LogP contribution in [0.4, 0.5) is 17.1 Å². The first-order valence-corrected chi connectivity index (χ1v) is 14.8. The molecule has 0 saturated carbocycles. The van der Waals surface area contributed by atoms with Crippen molar-refractivity contribution in [2.24, 2.45) is 0 Å². The van der Waals surface area contributed by atoms with Crippen LogP contribution in [0, 0.1) is 0 Å². The molecule has 43 heavy (non-hydrogen) atoms. The predicted molar refractivity (Wildman–Crippen MR) is 180 cm³/mol. The summed E-state index contributed by atoms with van der Waals surface area (Å²) in [6.07, 6.45) is 0.888. The van der Waals surface area contributed by atoms with Crippen LogP contribution >= 0.6 is 0 Å². The van der Waals surface area contributed by atoms with Gasteiger partial charge in [-0.15, -0.1) is 0 Å². The van der Waals surface area contributed by atoms with Gasteiger partial charge >= 0.3 is 0 Å². The number of nitrogens with zero attached hydrogens (tertiary/aromatic N) is 1. The fourth-order valence-electron chi connectivity index (χ4n) is 6.92. The van der Waals surface area contributed by atoms with E-state index >= 15 is 0 Å². The molecule has 0 unspecified atom stereocenters. The third kappa shape index (κ3) is 3.73. The lowest BCUT2D eigenvalue weighted by Gasteiger charge is -2.26. The van der Waals surface area contributed by atoms with Gasteiger partial charge in [0.15, 0.2) is 0 Å². The molecule has 9 rings (SSSR count). The maximum Gasteiger partial charge on any atom is 0.143 e. The molecule has 1 heterocycles. The van der Waals surface area contributed by atoms with Crippen molar-refractivity contribution in [2.45, 2.75) is 6.42 Å². The Hall–Kier alpha value is -5.60. The lowest BCUT2D eigenvalue weighted by atomic mass is 9.95. The number of furan rings is 1. The lowest BCUT2D eigenvalue weighted by Crippen LogP contribution is -2.09. The quantitative estimate of drug-likeness (QED) is 0.217. The van der Waals surface area contributed by atoms with Gasteiger partial charge in [0.05, 0.1) is 0 Å². The van der Waals surface area contributed by atoms with Gasteiger partial charge in [-0.3, -0.25) is 0 Å². The summed E-state index contributed by atoms with van der Waals surface area (Å²) in [6.45, 7) is 0. The number of para-hydroxylation sites is 2. The second-order valence-corrected chi connectivity index (χ2v) is 11.3. The highest BCUT2D eigenvalue weighted by Crippen LogP contribution is 2.48. The second kappa shape index (κ2) is 9.47. The smallest absolute Gasteiger partial charge is 0.143 e. The monoisotopic (exact) mass is 549 g/mol. The van der Waals surface area contributed by atoms with Crippen molar-refractivity contribution in [1.29, 1.82) is 0 Å². The van der Waals surface area contributed by atoms with Gasteiger partial charge in [-0.05, 0) is 82.1 Å². The molecule has 2 nitrogen and oxygen atoms in total. The van der Waals surface area contributed by atoms with E-state index in [9.17, 15) is 0 Å². The lowest BCUT2D eigenvalue weighted by molar-refractivity contribution is 0.673. The summed E-state index contributed by atoms with van der Waals surface area (Å²) in [5.74, 6) is 0. The minimum Gasteiger partial charge on any atom is -0.455 e. The van der Waals surface area contributed by atoms with Crippen LogP contribution in [-0.2, 0) is 6.42 Å². The zero-order valence-electron chi connectivity index (χ0n) is 23.5. The van der Waals surface area contributed by atoms with Crippen molar-refractivity contribution in [1.82, 2.24) is 0 Å². The van der Waals surface area contributed by atoms with E-state index in [-0.39, 0.29) is 0 Å². The van der Waals surface area contributed by atoms with Crippen LogP contribution in [0.3, 0.4) is 0 Å². The summed E-state index contributed by atoms with van der Waals surface area (Å²) < 4.78 is 6.86. The van der Waals surface area contributed by atoms with Crippen LogP contribution in [0.15, 0.2) is 156 Å². The molecule has 1 aromatic heterocycles. The van der Waals surface area contributed by atoms with E-state index in [1.54, 1.807) is 0 Å². The molecule has 1 aliphatic carbocycles. The molecule has 0 amide bonds. The Morgan fingerprint density at radius 2 is 1.05 bits per heavy atom. The van der Waals surface area contributed by atoms with Crippen molar-refractivity contribution in [3.8, 4) is 22.3 Å². The molecule has 0 atom stereocenters. The van der Waals surface area contributed by atoms with Crippen LogP contribution in [0.5, 0.6) is 0 Å². The molecule has 0 radical (unpaired) electrons. The van der Waals surface area contributed by atoms with Crippen molar-refractivity contribution >= 4 is 49.8 Å². The van der Waals surface area contributed by atoms with Gasteiger partial charge in [-0.1, -0.05) is 109 Å². The maximum absolute atomic E-state index is 6.86. The van der Waals surface area contributed by atoms with Crippen molar-refractivity contribution in [2.75, 3.05) is 4.90 Å². The summed E-state index contributed by atoms with van der Waals surface area (Å²) in [4.78, 5) is 2.33. The fraction of sp³-hybridized carbons (Fsp3) is 0.0244. The van der Waals surface area contributed by atoms with E-state index in [1.807, 2.05) is 0 Å². The number of anilines is 3. The summed E-state index contributed by atoms with van der Waals surface area (Å²) in [6, 6.07) is 54.2. The zero-order chi connectivity index (χ0) is 28.3. The van der Waals surface area contributed by atoms with Crippen molar-refractivity contribution in [3.05, 3.63) is 163 Å². The van der Waals surface area contributed by atoms with Gasteiger partial charge in [0, 0.05) is 38.8 Å². The van der Waals surface area contributed by atoms with E-state index in [2.05, 4.69) is 157 Å². The molecule has 7 aromatic carbocycles. The number of hydrogen-bond acceptors (Lipinski definition) is 2. The van der Waals surface area contributed by atoms with Crippen LogP contribution < -0.4 is 4.90 Å². The van der Waals surface area contributed by atoms with Gasteiger partial charge in [0.25, 0.3) is 0 Å². The van der Waals surface area contributed by atoms with Gasteiger partial charge in [-0.25, -0.2) is 0 Å². The van der Waals surface area contributed by atoms with Crippen LogP contribution in [0.2, 0.25) is 0 Å². The Morgan fingerprint density at radius 3 is 1.77 bits per heavy atom. The number of rotatable bonds is 4. The Balaban J connectivity index is 1.24. The Kier molecular flexibility index (Phi) is 5.30.